The molecule has 6 nitrogen and oxygen atoms in total. The number of ether oxygens (including phenoxy) is 1. The van der Waals surface area contributed by atoms with E-state index in [0.717, 1.165) is 27.8 Å². The fourth-order valence-electron chi connectivity index (χ4n) is 4.56. The molecule has 4 atom stereocenters. The number of esters is 1. The van der Waals surface area contributed by atoms with Crippen LogP contribution >= 0.6 is 0 Å². The zero-order valence-corrected chi connectivity index (χ0v) is 22.2. The standard InChI is InChI=1S/C32H39NO5/c1-22-18-26(34)19-23(2)27(22)21-29(33)31(36)15-9-14-30(35)28(20-25-12-7-4-8-13-25)32(37)38-17-16-24-10-5-3-6-11-24/h3-14,18-19,28-31,34-36H,15-17,20-21,33H2,1-2H3/b14-9+/t28-,29+,30+,31+/m1/s1. The van der Waals surface area contributed by atoms with E-state index < -0.39 is 30.1 Å². The highest BCUT2D eigenvalue weighted by molar-refractivity contribution is 5.74. The zero-order chi connectivity index (χ0) is 27.5. The Labute approximate surface area is 225 Å². The van der Waals surface area contributed by atoms with Crippen molar-refractivity contribution in [3.63, 3.8) is 0 Å². The van der Waals surface area contributed by atoms with Crippen LogP contribution in [0, 0.1) is 19.8 Å². The second-order valence-electron chi connectivity index (χ2n) is 9.85. The van der Waals surface area contributed by atoms with Crippen LogP contribution in [-0.2, 0) is 28.8 Å². The summed E-state index contributed by atoms with van der Waals surface area (Å²) in [7, 11) is 0. The summed E-state index contributed by atoms with van der Waals surface area (Å²) in [5, 5.41) is 31.3. The smallest absolute Gasteiger partial charge is 0.312 e. The van der Waals surface area contributed by atoms with E-state index in [-0.39, 0.29) is 18.8 Å². The number of hydrogen-bond acceptors (Lipinski definition) is 6. The van der Waals surface area contributed by atoms with Gasteiger partial charge in [-0.2, -0.15) is 0 Å². The number of aromatic hydroxyl groups is 1. The summed E-state index contributed by atoms with van der Waals surface area (Å²) in [6, 6.07) is 22.1. The van der Waals surface area contributed by atoms with E-state index in [2.05, 4.69) is 0 Å². The highest BCUT2D eigenvalue weighted by atomic mass is 16.5. The molecular weight excluding hydrogens is 478 g/mol. The Morgan fingerprint density at radius 3 is 2.11 bits per heavy atom. The van der Waals surface area contributed by atoms with Crippen LogP contribution in [0.5, 0.6) is 5.75 Å². The molecule has 0 aliphatic heterocycles. The summed E-state index contributed by atoms with van der Waals surface area (Å²) in [5.41, 5.74) is 11.1. The SMILES string of the molecule is Cc1cc(O)cc(C)c1C[C@H](N)[C@@H](O)C/C=C/[C@H](O)[C@@H](Cc1ccccc1)C(=O)OCCc1ccccc1. The third-order valence-electron chi connectivity index (χ3n) is 6.82. The van der Waals surface area contributed by atoms with Gasteiger partial charge in [-0.3, -0.25) is 4.79 Å². The van der Waals surface area contributed by atoms with E-state index in [1.54, 1.807) is 24.3 Å². The van der Waals surface area contributed by atoms with E-state index in [1.165, 1.54) is 0 Å². The van der Waals surface area contributed by atoms with Crippen molar-refractivity contribution in [2.24, 2.45) is 11.7 Å². The fourth-order valence-corrected chi connectivity index (χ4v) is 4.56. The van der Waals surface area contributed by atoms with Crippen LogP contribution in [-0.4, -0.2) is 46.1 Å². The molecule has 3 rings (SSSR count). The van der Waals surface area contributed by atoms with Gasteiger partial charge in [0, 0.05) is 12.5 Å². The molecule has 6 heteroatoms. The Hall–Kier alpha value is -3.45. The maximum Gasteiger partial charge on any atom is 0.312 e. The van der Waals surface area contributed by atoms with Gasteiger partial charge in [0.15, 0.2) is 0 Å². The highest BCUT2D eigenvalue weighted by Gasteiger charge is 2.27. The molecule has 3 aromatic carbocycles. The van der Waals surface area contributed by atoms with Gasteiger partial charge in [0.25, 0.3) is 0 Å². The number of carbonyl (C=O) groups is 1. The summed E-state index contributed by atoms with van der Waals surface area (Å²) < 4.78 is 5.54. The average molecular weight is 518 g/mol. The van der Waals surface area contributed by atoms with E-state index in [0.29, 0.717) is 19.3 Å². The first-order valence-corrected chi connectivity index (χ1v) is 13.1. The lowest BCUT2D eigenvalue weighted by atomic mass is 9.92. The Bertz CT molecular complexity index is 1160. The van der Waals surface area contributed by atoms with Gasteiger partial charge in [-0.25, -0.2) is 0 Å². The van der Waals surface area contributed by atoms with Crippen LogP contribution in [0.4, 0.5) is 0 Å². The van der Waals surface area contributed by atoms with Gasteiger partial charge in [0.1, 0.15) is 5.75 Å². The number of aryl methyl sites for hydroxylation is 2. The number of rotatable bonds is 13. The molecule has 0 aliphatic carbocycles. The predicted molar refractivity (Wildman–Crippen MR) is 150 cm³/mol. The molecule has 0 bridgehead atoms. The van der Waals surface area contributed by atoms with Gasteiger partial charge in [-0.05, 0) is 73.1 Å². The lowest BCUT2D eigenvalue weighted by molar-refractivity contribution is -0.151. The van der Waals surface area contributed by atoms with Gasteiger partial charge in [-0.1, -0.05) is 72.8 Å². The largest absolute Gasteiger partial charge is 0.508 e. The Kier molecular flexibility index (Phi) is 11.1. The van der Waals surface area contributed by atoms with Crippen molar-refractivity contribution < 1.29 is 24.9 Å². The molecule has 0 fully saturated rings. The van der Waals surface area contributed by atoms with Gasteiger partial charge in [-0.15, -0.1) is 0 Å². The lowest BCUT2D eigenvalue weighted by Gasteiger charge is -2.21. The molecule has 0 amide bonds. The molecular formula is C32H39NO5. The second-order valence-corrected chi connectivity index (χ2v) is 9.85. The Morgan fingerprint density at radius 1 is 0.921 bits per heavy atom. The Balaban J connectivity index is 1.59. The molecule has 0 saturated carbocycles. The van der Waals surface area contributed by atoms with E-state index in [9.17, 15) is 20.1 Å². The maximum atomic E-state index is 13.0. The quantitative estimate of drug-likeness (QED) is 0.200. The third kappa shape index (κ3) is 8.84. The highest BCUT2D eigenvalue weighted by Crippen LogP contribution is 2.23. The molecule has 0 aromatic heterocycles. The molecule has 0 heterocycles. The van der Waals surface area contributed by atoms with Crippen LogP contribution in [0.2, 0.25) is 0 Å². The summed E-state index contributed by atoms with van der Waals surface area (Å²) in [6.07, 6.45) is 2.91. The van der Waals surface area contributed by atoms with Crippen molar-refractivity contribution in [3.8, 4) is 5.75 Å². The molecule has 202 valence electrons. The normalized spacial score (nSPS) is 14.7. The molecule has 5 N–H and O–H groups in total. The van der Waals surface area contributed by atoms with E-state index in [1.807, 2.05) is 74.5 Å². The minimum absolute atomic E-state index is 0.207. The number of nitrogens with two attached hydrogens (primary N) is 1. The number of aliphatic hydroxyl groups excluding tert-OH is 2. The first-order valence-electron chi connectivity index (χ1n) is 13.1. The summed E-state index contributed by atoms with van der Waals surface area (Å²) in [6.45, 7) is 4.04. The molecule has 0 aliphatic rings. The number of phenolic OH excluding ortho intramolecular Hbond substituents is 1. The summed E-state index contributed by atoms with van der Waals surface area (Å²) in [4.78, 5) is 13.0. The first kappa shape index (κ1) is 29.1. The lowest BCUT2D eigenvalue weighted by Crippen LogP contribution is -2.36. The van der Waals surface area contributed by atoms with Crippen molar-refractivity contribution in [2.75, 3.05) is 6.61 Å². The zero-order valence-electron chi connectivity index (χ0n) is 22.2. The third-order valence-corrected chi connectivity index (χ3v) is 6.82. The summed E-state index contributed by atoms with van der Waals surface area (Å²) >= 11 is 0. The van der Waals surface area contributed by atoms with Crippen molar-refractivity contribution in [3.05, 3.63) is 113 Å². The molecule has 38 heavy (non-hydrogen) atoms. The van der Waals surface area contributed by atoms with Crippen LogP contribution in [0.1, 0.15) is 34.2 Å². The van der Waals surface area contributed by atoms with Crippen LogP contribution in [0.25, 0.3) is 0 Å². The predicted octanol–water partition coefficient (Wildman–Crippen LogP) is 4.19. The van der Waals surface area contributed by atoms with Crippen LogP contribution < -0.4 is 5.73 Å². The van der Waals surface area contributed by atoms with E-state index in [4.69, 9.17) is 10.5 Å². The number of carbonyl (C=O) groups excluding carboxylic acids is 1. The number of benzene rings is 3. The van der Waals surface area contributed by atoms with Crippen molar-refractivity contribution >= 4 is 5.97 Å². The van der Waals surface area contributed by atoms with Gasteiger partial charge >= 0.3 is 5.97 Å². The Morgan fingerprint density at radius 2 is 1.50 bits per heavy atom. The van der Waals surface area contributed by atoms with Crippen molar-refractivity contribution in [1.82, 2.24) is 0 Å². The number of aliphatic hydroxyl groups is 2. The summed E-state index contributed by atoms with van der Waals surface area (Å²) in [5.74, 6) is -1.03. The minimum atomic E-state index is -1.08. The molecule has 0 radical (unpaired) electrons. The van der Waals surface area contributed by atoms with E-state index >= 15 is 0 Å². The fraction of sp³-hybridized carbons (Fsp3) is 0.344. The van der Waals surface area contributed by atoms with Crippen LogP contribution in [0.3, 0.4) is 0 Å². The van der Waals surface area contributed by atoms with Gasteiger partial charge < -0.3 is 25.8 Å². The molecule has 0 spiro atoms. The first-order chi connectivity index (χ1) is 18.2. The molecule has 0 saturated heterocycles. The minimum Gasteiger partial charge on any atom is -0.508 e. The second kappa shape index (κ2) is 14.5. The maximum absolute atomic E-state index is 13.0. The average Bonchev–Trinajstić information content (AvgIpc) is 2.90. The van der Waals surface area contributed by atoms with Crippen molar-refractivity contribution in [2.45, 2.75) is 57.8 Å². The van der Waals surface area contributed by atoms with Gasteiger partial charge in [0.2, 0.25) is 0 Å². The monoisotopic (exact) mass is 517 g/mol. The molecule has 3 aromatic rings. The number of hydrogen-bond donors (Lipinski definition) is 4. The molecule has 0 unspecified atom stereocenters. The van der Waals surface area contributed by atoms with Crippen molar-refractivity contribution in [1.29, 1.82) is 0 Å². The topological polar surface area (TPSA) is 113 Å². The van der Waals surface area contributed by atoms with Crippen LogP contribution in [0.15, 0.2) is 84.9 Å². The van der Waals surface area contributed by atoms with Gasteiger partial charge in [0.05, 0.1) is 24.7 Å². The number of phenols is 1.